The minimum absolute atomic E-state index is 0.0591. The maximum Gasteiger partial charge on any atom is 0.252 e. The molecule has 2 rings (SSSR count). The number of hydrogen-bond donors (Lipinski definition) is 3. The summed E-state index contributed by atoms with van der Waals surface area (Å²) in [5.74, 6) is 0.235. The summed E-state index contributed by atoms with van der Waals surface area (Å²) in [4.78, 5) is 12.3. The van der Waals surface area contributed by atoms with Gasteiger partial charge in [0.15, 0.2) is 0 Å². The smallest absolute Gasteiger partial charge is 0.252 e. The summed E-state index contributed by atoms with van der Waals surface area (Å²) in [6, 6.07) is 5.07. The molecule has 1 amide bonds. The lowest BCUT2D eigenvalue weighted by Crippen LogP contribution is -2.33. The standard InChI is InChI=1S/C14H18BrNO4/c1-20-10-2-3-12(15)11(6-10)14(19)16-9-4-8(7-17)13(18)5-9/h2-3,6,8-9,13,17-18H,4-5,7H2,1H3,(H,16,19)/t8-,9-,13+/m0/s1. The molecule has 0 saturated heterocycles. The number of carbonyl (C=O) groups is 1. The van der Waals surface area contributed by atoms with Gasteiger partial charge in [-0.1, -0.05) is 0 Å². The number of methoxy groups -OCH3 is 1. The number of benzene rings is 1. The van der Waals surface area contributed by atoms with Crippen molar-refractivity contribution in [3.8, 4) is 5.75 Å². The van der Waals surface area contributed by atoms with Gasteiger partial charge in [0.1, 0.15) is 5.75 Å². The highest BCUT2D eigenvalue weighted by atomic mass is 79.9. The van der Waals surface area contributed by atoms with Gasteiger partial charge in [-0.15, -0.1) is 0 Å². The third kappa shape index (κ3) is 3.31. The Labute approximate surface area is 126 Å². The molecule has 0 spiro atoms. The van der Waals surface area contributed by atoms with Crippen LogP contribution in [-0.2, 0) is 0 Å². The highest BCUT2D eigenvalue weighted by Gasteiger charge is 2.33. The first kappa shape index (κ1) is 15.3. The van der Waals surface area contributed by atoms with Crippen molar-refractivity contribution >= 4 is 21.8 Å². The number of rotatable bonds is 4. The lowest BCUT2D eigenvalue weighted by Gasteiger charge is -2.14. The Hall–Kier alpha value is -1.11. The molecule has 0 unspecified atom stereocenters. The van der Waals surface area contributed by atoms with Gasteiger partial charge in [-0.2, -0.15) is 0 Å². The summed E-state index contributed by atoms with van der Waals surface area (Å²) in [6.45, 7) is -0.0591. The monoisotopic (exact) mass is 343 g/mol. The van der Waals surface area contributed by atoms with Crippen LogP contribution in [0, 0.1) is 5.92 Å². The SMILES string of the molecule is COc1ccc(Br)c(C(=O)N[C@H]2C[C@@H](CO)[C@H](O)C2)c1. The molecule has 5 nitrogen and oxygen atoms in total. The fraction of sp³-hybridized carbons (Fsp3) is 0.500. The fourth-order valence-corrected chi connectivity index (χ4v) is 2.91. The van der Waals surface area contributed by atoms with Crippen molar-refractivity contribution in [1.29, 1.82) is 0 Å². The van der Waals surface area contributed by atoms with Crippen LogP contribution in [0.5, 0.6) is 5.75 Å². The number of aliphatic hydroxyl groups excluding tert-OH is 2. The number of halogens is 1. The van der Waals surface area contributed by atoms with Gasteiger partial charge in [0.2, 0.25) is 0 Å². The maximum atomic E-state index is 12.3. The maximum absolute atomic E-state index is 12.3. The molecule has 1 aromatic rings. The van der Waals surface area contributed by atoms with Gasteiger partial charge in [0.25, 0.3) is 5.91 Å². The molecule has 0 bridgehead atoms. The van der Waals surface area contributed by atoms with E-state index in [0.29, 0.717) is 28.6 Å². The van der Waals surface area contributed by atoms with Crippen molar-refractivity contribution in [2.45, 2.75) is 25.0 Å². The van der Waals surface area contributed by atoms with E-state index in [1.54, 1.807) is 25.3 Å². The van der Waals surface area contributed by atoms with Crippen LogP contribution in [0.15, 0.2) is 22.7 Å². The highest BCUT2D eigenvalue weighted by molar-refractivity contribution is 9.10. The van der Waals surface area contributed by atoms with Crippen molar-refractivity contribution in [1.82, 2.24) is 5.32 Å². The highest BCUT2D eigenvalue weighted by Crippen LogP contribution is 2.27. The van der Waals surface area contributed by atoms with Gasteiger partial charge in [-0.05, 0) is 47.0 Å². The molecule has 0 aliphatic heterocycles. The van der Waals surface area contributed by atoms with Crippen LogP contribution in [0.4, 0.5) is 0 Å². The van der Waals surface area contributed by atoms with E-state index in [1.165, 1.54) is 0 Å². The van der Waals surface area contributed by atoms with Crippen molar-refractivity contribution in [2.24, 2.45) is 5.92 Å². The molecular weight excluding hydrogens is 326 g/mol. The predicted octanol–water partition coefficient (Wildman–Crippen LogP) is 1.32. The Morgan fingerprint density at radius 1 is 1.50 bits per heavy atom. The number of hydrogen-bond acceptors (Lipinski definition) is 4. The molecule has 1 fully saturated rings. The molecule has 3 atom stereocenters. The van der Waals surface area contributed by atoms with E-state index in [-0.39, 0.29) is 24.5 Å². The summed E-state index contributed by atoms with van der Waals surface area (Å²) in [7, 11) is 1.55. The molecule has 0 heterocycles. The quantitative estimate of drug-likeness (QED) is 0.770. The van der Waals surface area contributed by atoms with Crippen LogP contribution in [0.1, 0.15) is 23.2 Å². The van der Waals surface area contributed by atoms with Crippen LogP contribution < -0.4 is 10.1 Å². The topological polar surface area (TPSA) is 78.8 Å². The zero-order chi connectivity index (χ0) is 14.7. The molecule has 1 saturated carbocycles. The van der Waals surface area contributed by atoms with Gasteiger partial charge in [0.05, 0.1) is 18.8 Å². The lowest BCUT2D eigenvalue weighted by molar-refractivity contribution is 0.0903. The van der Waals surface area contributed by atoms with Gasteiger partial charge in [-0.3, -0.25) is 4.79 Å². The minimum atomic E-state index is -0.556. The summed E-state index contributed by atoms with van der Waals surface area (Å²) in [5.41, 5.74) is 0.492. The first-order chi connectivity index (χ1) is 9.55. The number of nitrogens with one attached hydrogen (secondary N) is 1. The van der Waals surface area contributed by atoms with E-state index in [0.717, 1.165) is 0 Å². The van der Waals surface area contributed by atoms with Crippen LogP contribution >= 0.6 is 15.9 Å². The van der Waals surface area contributed by atoms with E-state index in [1.807, 2.05) is 0 Å². The van der Waals surface area contributed by atoms with Crippen LogP contribution in [-0.4, -0.2) is 42.0 Å². The second-order valence-corrected chi connectivity index (χ2v) is 5.85. The summed E-state index contributed by atoms with van der Waals surface area (Å²) < 4.78 is 5.80. The molecule has 6 heteroatoms. The van der Waals surface area contributed by atoms with E-state index in [9.17, 15) is 9.90 Å². The van der Waals surface area contributed by atoms with Crippen LogP contribution in [0.3, 0.4) is 0 Å². The molecule has 20 heavy (non-hydrogen) atoms. The lowest BCUT2D eigenvalue weighted by atomic mass is 10.1. The molecule has 3 N–H and O–H groups in total. The Morgan fingerprint density at radius 2 is 2.25 bits per heavy atom. The molecule has 110 valence electrons. The Kier molecular flexibility index (Phi) is 5.01. The number of ether oxygens (including phenoxy) is 1. The van der Waals surface area contributed by atoms with Gasteiger partial charge >= 0.3 is 0 Å². The van der Waals surface area contributed by atoms with E-state index < -0.39 is 6.10 Å². The normalized spacial score (nSPS) is 25.5. The second-order valence-electron chi connectivity index (χ2n) is 5.00. The van der Waals surface area contributed by atoms with Crippen LogP contribution in [0.25, 0.3) is 0 Å². The molecule has 1 aromatic carbocycles. The molecule has 0 aromatic heterocycles. The summed E-state index contributed by atoms with van der Waals surface area (Å²) in [5, 5.41) is 21.7. The number of carbonyl (C=O) groups excluding carboxylic acids is 1. The van der Waals surface area contributed by atoms with E-state index in [2.05, 4.69) is 21.2 Å². The minimum Gasteiger partial charge on any atom is -0.497 e. The average molecular weight is 344 g/mol. The molecule has 1 aliphatic carbocycles. The fourth-order valence-electron chi connectivity index (χ4n) is 2.49. The van der Waals surface area contributed by atoms with Gasteiger partial charge < -0.3 is 20.3 Å². The van der Waals surface area contributed by atoms with Gasteiger partial charge in [0, 0.05) is 23.0 Å². The Balaban J connectivity index is 2.06. The van der Waals surface area contributed by atoms with Crippen molar-refractivity contribution in [3.63, 3.8) is 0 Å². The molecular formula is C14H18BrNO4. The molecule has 0 radical (unpaired) electrons. The first-order valence-electron chi connectivity index (χ1n) is 6.48. The largest absolute Gasteiger partial charge is 0.497 e. The second kappa shape index (κ2) is 6.56. The summed E-state index contributed by atoms with van der Waals surface area (Å²) >= 11 is 3.34. The third-order valence-corrected chi connectivity index (χ3v) is 4.34. The van der Waals surface area contributed by atoms with Gasteiger partial charge in [-0.25, -0.2) is 0 Å². The summed E-state index contributed by atoms with van der Waals surface area (Å²) in [6.07, 6.45) is 0.503. The average Bonchev–Trinajstić information content (AvgIpc) is 2.79. The number of amides is 1. The Morgan fingerprint density at radius 3 is 2.85 bits per heavy atom. The van der Waals surface area contributed by atoms with Crippen molar-refractivity contribution in [3.05, 3.63) is 28.2 Å². The van der Waals surface area contributed by atoms with Crippen molar-refractivity contribution in [2.75, 3.05) is 13.7 Å². The first-order valence-corrected chi connectivity index (χ1v) is 7.27. The third-order valence-electron chi connectivity index (χ3n) is 3.65. The van der Waals surface area contributed by atoms with E-state index in [4.69, 9.17) is 9.84 Å². The predicted molar refractivity (Wildman–Crippen MR) is 77.8 cm³/mol. The van der Waals surface area contributed by atoms with Crippen molar-refractivity contribution < 1.29 is 19.7 Å². The van der Waals surface area contributed by atoms with E-state index >= 15 is 0 Å². The number of aliphatic hydroxyl groups is 2. The molecule has 1 aliphatic rings. The zero-order valence-corrected chi connectivity index (χ0v) is 12.8. The Bertz CT molecular complexity index is 494. The zero-order valence-electron chi connectivity index (χ0n) is 11.2. The van der Waals surface area contributed by atoms with Crippen LogP contribution in [0.2, 0.25) is 0 Å².